The Morgan fingerprint density at radius 2 is 1.83 bits per heavy atom. The van der Waals surface area contributed by atoms with Crippen molar-refractivity contribution >= 4 is 39.9 Å². The Bertz CT molecular complexity index is 1290. The fourth-order valence-corrected chi connectivity index (χ4v) is 4.08. The van der Waals surface area contributed by atoms with Crippen LogP contribution in [0.1, 0.15) is 5.56 Å². The average molecular weight is 417 g/mol. The van der Waals surface area contributed by atoms with Crippen molar-refractivity contribution in [2.75, 3.05) is 16.8 Å². The molecule has 0 aliphatic heterocycles. The lowest BCUT2D eigenvalue weighted by Gasteiger charge is -2.15. The number of amides is 1. The number of nitrogens with one attached hydrogen (secondary N) is 1. The number of thioether (sulfide) groups is 1. The molecule has 0 spiro atoms. The second-order valence-corrected chi connectivity index (χ2v) is 7.78. The fourth-order valence-electron chi connectivity index (χ4n) is 3.25. The second kappa shape index (κ2) is 8.42. The van der Waals surface area contributed by atoms with Gasteiger partial charge in [0.15, 0.2) is 5.16 Å². The number of hydrogen-bond donors (Lipinski definition) is 2. The molecule has 0 atom stereocenters. The Kier molecular flexibility index (Phi) is 5.54. The van der Waals surface area contributed by atoms with Gasteiger partial charge in [-0.3, -0.25) is 14.2 Å². The first kappa shape index (κ1) is 19.7. The first-order valence-electron chi connectivity index (χ1n) is 9.38. The van der Waals surface area contributed by atoms with Crippen LogP contribution in [0.2, 0.25) is 0 Å². The number of anilines is 2. The summed E-state index contributed by atoms with van der Waals surface area (Å²) in [6.07, 6.45) is 0. The summed E-state index contributed by atoms with van der Waals surface area (Å²) in [6, 6.07) is 22.6. The molecule has 0 fully saturated rings. The van der Waals surface area contributed by atoms with Gasteiger partial charge in [0, 0.05) is 22.8 Å². The topological polar surface area (TPSA) is 90.0 Å². The number of aromatic nitrogens is 2. The van der Waals surface area contributed by atoms with Crippen LogP contribution in [0, 0.1) is 6.92 Å². The molecule has 7 heteroatoms. The molecule has 150 valence electrons. The number of nitrogens with two attached hydrogens (primary N) is 1. The lowest BCUT2D eigenvalue weighted by atomic mass is 10.1. The smallest absolute Gasteiger partial charge is 0.275 e. The Morgan fingerprint density at radius 1 is 1.07 bits per heavy atom. The standard InChI is InChI=1S/C23H20N4O2S/c1-15-6-4-9-17(12-15)27-20(24)13-21(28)26-23(27)30-14-22(29)25-19-11-5-8-16-7-2-3-10-18(16)19/h2-13H,14,24H2,1H3,(H,25,29). The van der Waals surface area contributed by atoms with Crippen molar-refractivity contribution in [3.8, 4) is 5.69 Å². The first-order valence-corrected chi connectivity index (χ1v) is 10.4. The van der Waals surface area contributed by atoms with Gasteiger partial charge in [0.1, 0.15) is 5.82 Å². The number of rotatable bonds is 5. The number of carbonyl (C=O) groups excluding carboxylic acids is 1. The van der Waals surface area contributed by atoms with Gasteiger partial charge in [0.25, 0.3) is 5.56 Å². The van der Waals surface area contributed by atoms with E-state index < -0.39 is 5.56 Å². The van der Waals surface area contributed by atoms with Crippen LogP contribution in [0.4, 0.5) is 11.5 Å². The van der Waals surface area contributed by atoms with Crippen molar-refractivity contribution in [2.24, 2.45) is 0 Å². The quantitative estimate of drug-likeness (QED) is 0.379. The molecule has 0 aliphatic rings. The number of nitrogens with zero attached hydrogens (tertiary/aromatic N) is 2. The maximum absolute atomic E-state index is 12.6. The SMILES string of the molecule is Cc1cccc(-n2c(N)cc(=O)nc2SCC(=O)Nc2cccc3ccccc23)c1. The number of hydrogen-bond acceptors (Lipinski definition) is 5. The van der Waals surface area contributed by atoms with Crippen LogP contribution in [0.25, 0.3) is 16.5 Å². The van der Waals surface area contributed by atoms with Gasteiger partial charge in [-0.25, -0.2) is 0 Å². The predicted molar refractivity (Wildman–Crippen MR) is 122 cm³/mol. The molecule has 0 aliphatic carbocycles. The molecule has 1 amide bonds. The van der Waals surface area contributed by atoms with Crippen molar-refractivity contribution in [1.29, 1.82) is 0 Å². The Labute approximate surface area is 177 Å². The van der Waals surface area contributed by atoms with Crippen LogP contribution in [0.15, 0.2) is 82.7 Å². The van der Waals surface area contributed by atoms with Crippen molar-refractivity contribution < 1.29 is 4.79 Å². The van der Waals surface area contributed by atoms with E-state index in [0.717, 1.165) is 27.7 Å². The van der Waals surface area contributed by atoms with E-state index >= 15 is 0 Å². The van der Waals surface area contributed by atoms with Gasteiger partial charge in [-0.15, -0.1) is 0 Å². The number of carbonyl (C=O) groups is 1. The largest absolute Gasteiger partial charge is 0.385 e. The van der Waals surface area contributed by atoms with Gasteiger partial charge in [-0.2, -0.15) is 4.98 Å². The van der Waals surface area contributed by atoms with Crippen LogP contribution in [0.5, 0.6) is 0 Å². The predicted octanol–water partition coefficient (Wildman–Crippen LogP) is 4.01. The summed E-state index contributed by atoms with van der Waals surface area (Å²) in [4.78, 5) is 28.6. The van der Waals surface area contributed by atoms with E-state index in [2.05, 4.69) is 10.3 Å². The maximum Gasteiger partial charge on any atom is 0.275 e. The molecular formula is C23H20N4O2S. The molecule has 3 aromatic carbocycles. The summed E-state index contributed by atoms with van der Waals surface area (Å²) in [5.74, 6) is 0.173. The third-order valence-electron chi connectivity index (χ3n) is 4.58. The number of fused-ring (bicyclic) bond motifs is 1. The van der Waals surface area contributed by atoms with E-state index in [9.17, 15) is 9.59 Å². The highest BCUT2D eigenvalue weighted by molar-refractivity contribution is 7.99. The third kappa shape index (κ3) is 4.21. The summed E-state index contributed by atoms with van der Waals surface area (Å²) in [5, 5.41) is 5.34. The van der Waals surface area contributed by atoms with Crippen molar-refractivity contribution in [1.82, 2.24) is 9.55 Å². The minimum Gasteiger partial charge on any atom is -0.385 e. The Hall–Kier alpha value is -3.58. The molecule has 0 radical (unpaired) electrons. The molecule has 0 unspecified atom stereocenters. The molecule has 1 aromatic heterocycles. The highest BCUT2D eigenvalue weighted by Gasteiger charge is 2.13. The van der Waals surface area contributed by atoms with E-state index in [1.165, 1.54) is 17.8 Å². The second-order valence-electron chi connectivity index (χ2n) is 6.84. The molecule has 0 saturated heterocycles. The van der Waals surface area contributed by atoms with Crippen molar-refractivity contribution in [3.05, 3.63) is 88.7 Å². The average Bonchev–Trinajstić information content (AvgIpc) is 2.72. The minimum absolute atomic E-state index is 0.0882. The number of benzene rings is 3. The molecular weight excluding hydrogens is 396 g/mol. The third-order valence-corrected chi connectivity index (χ3v) is 5.52. The monoisotopic (exact) mass is 416 g/mol. The minimum atomic E-state index is -0.437. The van der Waals surface area contributed by atoms with Gasteiger partial charge in [0.2, 0.25) is 5.91 Å². The lowest BCUT2D eigenvalue weighted by Crippen LogP contribution is -2.19. The summed E-state index contributed by atoms with van der Waals surface area (Å²) in [6.45, 7) is 1.97. The highest BCUT2D eigenvalue weighted by atomic mass is 32.2. The fraction of sp³-hybridized carbons (Fsp3) is 0.0870. The van der Waals surface area contributed by atoms with E-state index in [1.54, 1.807) is 4.57 Å². The molecule has 0 saturated carbocycles. The van der Waals surface area contributed by atoms with E-state index in [0.29, 0.717) is 5.16 Å². The molecule has 6 nitrogen and oxygen atoms in total. The van der Waals surface area contributed by atoms with Crippen LogP contribution in [-0.4, -0.2) is 21.2 Å². The first-order chi connectivity index (χ1) is 14.5. The van der Waals surface area contributed by atoms with Crippen LogP contribution in [0.3, 0.4) is 0 Å². The highest BCUT2D eigenvalue weighted by Crippen LogP contribution is 2.25. The number of nitrogen functional groups attached to an aromatic ring is 1. The Balaban J connectivity index is 1.58. The summed E-state index contributed by atoms with van der Waals surface area (Å²) < 4.78 is 1.68. The number of aryl methyl sites for hydroxylation is 1. The van der Waals surface area contributed by atoms with Crippen LogP contribution >= 0.6 is 11.8 Å². The molecule has 0 bridgehead atoms. The van der Waals surface area contributed by atoms with Crippen LogP contribution < -0.4 is 16.6 Å². The van der Waals surface area contributed by atoms with Gasteiger partial charge < -0.3 is 11.1 Å². The summed E-state index contributed by atoms with van der Waals surface area (Å²) in [7, 11) is 0. The van der Waals surface area contributed by atoms with Crippen molar-refractivity contribution in [2.45, 2.75) is 12.1 Å². The van der Waals surface area contributed by atoms with Gasteiger partial charge in [-0.1, -0.05) is 60.3 Å². The maximum atomic E-state index is 12.6. The zero-order valence-corrected chi connectivity index (χ0v) is 17.1. The molecule has 4 aromatic rings. The summed E-state index contributed by atoms with van der Waals surface area (Å²) in [5.41, 5.74) is 8.25. The van der Waals surface area contributed by atoms with Gasteiger partial charge >= 0.3 is 0 Å². The molecule has 1 heterocycles. The van der Waals surface area contributed by atoms with Crippen LogP contribution in [-0.2, 0) is 4.79 Å². The summed E-state index contributed by atoms with van der Waals surface area (Å²) >= 11 is 1.17. The lowest BCUT2D eigenvalue weighted by molar-refractivity contribution is -0.113. The molecule has 30 heavy (non-hydrogen) atoms. The Morgan fingerprint density at radius 3 is 2.67 bits per heavy atom. The van der Waals surface area contributed by atoms with E-state index in [-0.39, 0.29) is 17.5 Å². The zero-order chi connectivity index (χ0) is 21.1. The van der Waals surface area contributed by atoms with Crippen molar-refractivity contribution in [3.63, 3.8) is 0 Å². The molecule has 4 rings (SSSR count). The normalized spacial score (nSPS) is 10.8. The van der Waals surface area contributed by atoms with Gasteiger partial charge in [0.05, 0.1) is 5.75 Å². The molecule has 3 N–H and O–H groups in total. The van der Waals surface area contributed by atoms with E-state index in [4.69, 9.17) is 5.73 Å². The zero-order valence-electron chi connectivity index (χ0n) is 16.3. The van der Waals surface area contributed by atoms with Gasteiger partial charge in [-0.05, 0) is 36.1 Å². The van der Waals surface area contributed by atoms with E-state index in [1.807, 2.05) is 73.7 Å².